The van der Waals surface area contributed by atoms with Crippen LogP contribution in [0, 0.1) is 22.7 Å². The zero-order valence-corrected chi connectivity index (χ0v) is 15.9. The molecule has 0 radical (unpaired) electrons. The van der Waals surface area contributed by atoms with Crippen molar-refractivity contribution in [2.24, 2.45) is 11.3 Å². The number of carbonyl (C=O) groups is 1. The molecule has 0 amide bonds. The van der Waals surface area contributed by atoms with E-state index in [2.05, 4.69) is 0 Å². The first-order valence-electron chi connectivity index (χ1n) is 9.51. The fraction of sp³-hybridized carbons (Fsp3) is 0.455. The number of carbonyl (C=O) groups excluding carboxylic acids is 1. The molecule has 2 aliphatic rings. The molecule has 1 N–H and O–H groups in total. The highest BCUT2D eigenvalue weighted by molar-refractivity contribution is 5.89. The van der Waals surface area contributed by atoms with Gasteiger partial charge in [0.2, 0.25) is 6.29 Å². The molecule has 1 aliphatic carbocycles. The number of furan rings is 1. The Morgan fingerprint density at radius 2 is 2.07 bits per heavy atom. The molecular formula is C22H23NO5. The SMILES string of the molecule is C[C@H]1CCC[C@@]2(C)[C@H](c3ccoc3)O[C@@H](OC(=O)c3ccc(C#N)cc3)[C@]12O. The minimum absolute atomic E-state index is 0.0954. The van der Waals surface area contributed by atoms with Crippen LogP contribution in [-0.4, -0.2) is 23.0 Å². The molecule has 146 valence electrons. The number of hydrogen-bond acceptors (Lipinski definition) is 6. The van der Waals surface area contributed by atoms with Crippen LogP contribution in [0.4, 0.5) is 0 Å². The number of esters is 1. The molecule has 0 spiro atoms. The highest BCUT2D eigenvalue weighted by Gasteiger charge is 2.68. The first-order valence-corrected chi connectivity index (χ1v) is 9.51. The summed E-state index contributed by atoms with van der Waals surface area (Å²) in [5, 5.41) is 20.7. The monoisotopic (exact) mass is 381 g/mol. The lowest BCUT2D eigenvalue weighted by molar-refractivity contribution is -0.209. The van der Waals surface area contributed by atoms with E-state index in [-0.39, 0.29) is 5.92 Å². The van der Waals surface area contributed by atoms with Crippen molar-refractivity contribution in [3.8, 4) is 6.07 Å². The lowest BCUT2D eigenvalue weighted by Gasteiger charge is -2.49. The van der Waals surface area contributed by atoms with Gasteiger partial charge < -0.3 is 19.0 Å². The third-order valence-corrected chi connectivity index (χ3v) is 6.51. The van der Waals surface area contributed by atoms with E-state index >= 15 is 0 Å². The van der Waals surface area contributed by atoms with Crippen LogP contribution >= 0.6 is 0 Å². The molecule has 2 heterocycles. The van der Waals surface area contributed by atoms with Gasteiger partial charge in [-0.1, -0.05) is 20.3 Å². The van der Waals surface area contributed by atoms with E-state index in [1.54, 1.807) is 24.7 Å². The Morgan fingerprint density at radius 3 is 2.71 bits per heavy atom. The van der Waals surface area contributed by atoms with E-state index in [1.807, 2.05) is 26.0 Å². The summed E-state index contributed by atoms with van der Waals surface area (Å²) < 4.78 is 17.1. The van der Waals surface area contributed by atoms with Crippen molar-refractivity contribution in [1.82, 2.24) is 0 Å². The minimum Gasteiger partial charge on any atom is -0.472 e. The topological polar surface area (TPSA) is 92.7 Å². The molecule has 2 fully saturated rings. The Morgan fingerprint density at radius 1 is 1.32 bits per heavy atom. The number of fused-ring (bicyclic) bond motifs is 1. The van der Waals surface area contributed by atoms with Gasteiger partial charge in [0.25, 0.3) is 0 Å². The van der Waals surface area contributed by atoms with E-state index in [1.165, 1.54) is 12.1 Å². The van der Waals surface area contributed by atoms with Crippen LogP contribution in [0.2, 0.25) is 0 Å². The largest absolute Gasteiger partial charge is 0.472 e. The lowest BCUT2D eigenvalue weighted by atomic mass is 9.58. The van der Waals surface area contributed by atoms with Crippen LogP contribution in [-0.2, 0) is 9.47 Å². The molecule has 6 heteroatoms. The quantitative estimate of drug-likeness (QED) is 0.809. The summed E-state index contributed by atoms with van der Waals surface area (Å²) in [4.78, 5) is 12.7. The van der Waals surface area contributed by atoms with Gasteiger partial charge in [-0.25, -0.2) is 4.79 Å². The second-order valence-corrected chi connectivity index (χ2v) is 8.04. The Bertz CT molecular complexity index is 900. The molecule has 6 nitrogen and oxygen atoms in total. The van der Waals surface area contributed by atoms with Gasteiger partial charge in [-0.3, -0.25) is 0 Å². The molecule has 28 heavy (non-hydrogen) atoms. The number of ether oxygens (including phenoxy) is 2. The van der Waals surface area contributed by atoms with E-state index in [0.717, 1.165) is 24.8 Å². The molecule has 1 aliphatic heterocycles. The summed E-state index contributed by atoms with van der Waals surface area (Å²) >= 11 is 0. The highest BCUT2D eigenvalue weighted by Crippen LogP contribution is 2.62. The molecule has 1 aromatic heterocycles. The minimum atomic E-state index is -1.31. The van der Waals surface area contributed by atoms with Crippen molar-refractivity contribution < 1.29 is 23.8 Å². The van der Waals surface area contributed by atoms with Gasteiger partial charge in [-0.2, -0.15) is 5.26 Å². The van der Waals surface area contributed by atoms with Crippen molar-refractivity contribution in [2.45, 2.75) is 51.1 Å². The number of aliphatic hydroxyl groups is 1. The number of nitriles is 1. The van der Waals surface area contributed by atoms with Crippen LogP contribution in [0.5, 0.6) is 0 Å². The maximum atomic E-state index is 12.7. The Labute approximate surface area is 163 Å². The van der Waals surface area contributed by atoms with Crippen molar-refractivity contribution >= 4 is 5.97 Å². The van der Waals surface area contributed by atoms with Gasteiger partial charge in [-0.05, 0) is 49.1 Å². The maximum absolute atomic E-state index is 12.7. The van der Waals surface area contributed by atoms with Crippen LogP contribution in [0.1, 0.15) is 60.7 Å². The van der Waals surface area contributed by atoms with Crippen LogP contribution in [0.25, 0.3) is 0 Å². The van der Waals surface area contributed by atoms with Gasteiger partial charge in [-0.15, -0.1) is 0 Å². The zero-order valence-electron chi connectivity index (χ0n) is 15.9. The molecule has 1 aromatic carbocycles. The molecule has 0 bridgehead atoms. The van der Waals surface area contributed by atoms with Crippen LogP contribution < -0.4 is 0 Å². The lowest BCUT2D eigenvalue weighted by Crippen LogP contribution is -2.58. The molecular weight excluding hydrogens is 358 g/mol. The number of nitrogens with zero attached hydrogens (tertiary/aromatic N) is 1. The second-order valence-electron chi connectivity index (χ2n) is 8.04. The predicted molar refractivity (Wildman–Crippen MR) is 99.0 cm³/mol. The summed E-state index contributed by atoms with van der Waals surface area (Å²) in [6.45, 7) is 3.97. The summed E-state index contributed by atoms with van der Waals surface area (Å²) in [7, 11) is 0. The van der Waals surface area contributed by atoms with E-state index in [4.69, 9.17) is 19.2 Å². The number of benzene rings is 1. The molecule has 4 rings (SSSR count). The highest BCUT2D eigenvalue weighted by atomic mass is 16.7. The molecule has 5 atom stereocenters. The summed E-state index contributed by atoms with van der Waals surface area (Å²) in [6.07, 6.45) is 4.22. The first kappa shape index (κ1) is 18.7. The van der Waals surface area contributed by atoms with Gasteiger partial charge in [0.05, 0.1) is 35.8 Å². The summed E-state index contributed by atoms with van der Waals surface area (Å²) in [5.41, 5.74) is -0.324. The normalized spacial score (nSPS) is 34.4. The standard InChI is InChI=1S/C22H23NO5/c1-14-4-3-10-21(2)18(17-9-11-26-13-17)27-20(22(14,21)25)28-19(24)16-7-5-15(12-23)6-8-16/h5-9,11,13-14,18,20,25H,3-4,10H2,1-2H3/t14-,18-,20-,21-,22+/m0/s1. The number of rotatable bonds is 3. The van der Waals surface area contributed by atoms with Gasteiger partial charge in [0.1, 0.15) is 5.60 Å². The third-order valence-electron chi connectivity index (χ3n) is 6.51. The van der Waals surface area contributed by atoms with Crippen LogP contribution in [0.3, 0.4) is 0 Å². The second kappa shape index (κ2) is 6.77. The van der Waals surface area contributed by atoms with E-state index < -0.39 is 29.4 Å². The van der Waals surface area contributed by atoms with Crippen molar-refractivity contribution in [1.29, 1.82) is 5.26 Å². The van der Waals surface area contributed by atoms with E-state index in [9.17, 15) is 9.90 Å². The fourth-order valence-corrected chi connectivity index (χ4v) is 4.81. The first-order chi connectivity index (χ1) is 13.4. The maximum Gasteiger partial charge on any atom is 0.340 e. The average Bonchev–Trinajstić information content (AvgIpc) is 3.29. The smallest absolute Gasteiger partial charge is 0.340 e. The molecule has 1 saturated heterocycles. The molecule has 1 saturated carbocycles. The van der Waals surface area contributed by atoms with Crippen molar-refractivity contribution in [2.75, 3.05) is 0 Å². The molecule has 0 unspecified atom stereocenters. The Kier molecular flexibility index (Phi) is 4.53. The van der Waals surface area contributed by atoms with Crippen LogP contribution in [0.15, 0.2) is 47.3 Å². The van der Waals surface area contributed by atoms with Crippen molar-refractivity contribution in [3.63, 3.8) is 0 Å². The summed E-state index contributed by atoms with van der Waals surface area (Å²) in [5.74, 6) is -0.683. The Hall–Kier alpha value is -2.62. The van der Waals surface area contributed by atoms with Gasteiger partial charge in [0, 0.05) is 11.0 Å². The fourth-order valence-electron chi connectivity index (χ4n) is 4.81. The Balaban J connectivity index is 1.65. The van der Waals surface area contributed by atoms with Crippen molar-refractivity contribution in [3.05, 3.63) is 59.5 Å². The summed E-state index contributed by atoms with van der Waals surface area (Å²) in [6, 6.07) is 10.0. The average molecular weight is 381 g/mol. The molecule has 2 aromatic rings. The zero-order chi connectivity index (χ0) is 19.9. The third kappa shape index (κ3) is 2.66. The predicted octanol–water partition coefficient (Wildman–Crippen LogP) is 3.96. The van der Waals surface area contributed by atoms with Gasteiger partial charge in [0.15, 0.2) is 0 Å². The van der Waals surface area contributed by atoms with E-state index in [0.29, 0.717) is 11.1 Å². The number of hydrogen-bond donors (Lipinski definition) is 1. The van der Waals surface area contributed by atoms with Gasteiger partial charge >= 0.3 is 5.97 Å².